The quantitative estimate of drug-likeness (QED) is 0.665. The predicted molar refractivity (Wildman–Crippen MR) is 106 cm³/mol. The zero-order valence-electron chi connectivity index (χ0n) is 16.5. The summed E-state index contributed by atoms with van der Waals surface area (Å²) in [6, 6.07) is 1.86. The van der Waals surface area contributed by atoms with Crippen LogP contribution >= 0.6 is 15.9 Å². The molecule has 0 radical (unpaired) electrons. The fourth-order valence-electron chi connectivity index (χ4n) is 2.67. The Bertz CT molecular complexity index is 765. The fraction of sp³-hybridized carbons (Fsp3) is 0.550. The Kier molecular flexibility index (Phi) is 7.12. The number of hydrogen-bond donors (Lipinski definition) is 0. The van der Waals surface area contributed by atoms with Gasteiger partial charge in [-0.25, -0.2) is 9.18 Å². The molecule has 2 rings (SSSR count). The summed E-state index contributed by atoms with van der Waals surface area (Å²) in [5.74, 6) is 5.56. The number of halogens is 2. The lowest BCUT2D eigenvalue weighted by molar-refractivity contribution is 0.0281. The molecule has 1 amide bonds. The molecule has 0 fully saturated rings. The number of amides is 1. The zero-order valence-corrected chi connectivity index (χ0v) is 18.1. The molecule has 5 nitrogen and oxygen atoms in total. The molecule has 148 valence electrons. The van der Waals surface area contributed by atoms with Gasteiger partial charge in [0.25, 0.3) is 0 Å². The molecule has 1 aromatic carbocycles. The molecule has 1 aliphatic heterocycles. The highest BCUT2D eigenvalue weighted by atomic mass is 79.9. The molecule has 0 N–H and O–H groups in total. The largest absolute Gasteiger partial charge is 0.489 e. The SMILES string of the molecule is CC#Cc1cc2c(c(F)c1Br)OCCN(CCN(C)C(=O)OC(C)(C)C)C2. The van der Waals surface area contributed by atoms with Crippen molar-refractivity contribution < 1.29 is 18.7 Å². The molecule has 0 unspecified atom stereocenters. The first-order valence-corrected chi connectivity index (χ1v) is 9.64. The average molecular weight is 441 g/mol. The Morgan fingerprint density at radius 3 is 2.81 bits per heavy atom. The van der Waals surface area contributed by atoms with Gasteiger partial charge in [0.05, 0.1) is 4.47 Å². The smallest absolute Gasteiger partial charge is 0.410 e. The van der Waals surface area contributed by atoms with E-state index in [4.69, 9.17) is 9.47 Å². The van der Waals surface area contributed by atoms with Crippen molar-refractivity contribution in [3.8, 4) is 17.6 Å². The fourth-order valence-corrected chi connectivity index (χ4v) is 3.06. The van der Waals surface area contributed by atoms with Crippen LogP contribution in [0.5, 0.6) is 5.75 Å². The molecule has 1 heterocycles. The minimum atomic E-state index is -0.525. The van der Waals surface area contributed by atoms with Crippen molar-refractivity contribution in [1.82, 2.24) is 9.80 Å². The molecule has 27 heavy (non-hydrogen) atoms. The second-order valence-electron chi connectivity index (χ2n) is 7.44. The maximum absolute atomic E-state index is 14.6. The van der Waals surface area contributed by atoms with E-state index in [1.807, 2.05) is 26.8 Å². The van der Waals surface area contributed by atoms with E-state index in [9.17, 15) is 9.18 Å². The molecule has 0 saturated carbocycles. The number of rotatable bonds is 3. The first kappa shape index (κ1) is 21.5. The van der Waals surface area contributed by atoms with Crippen LogP contribution < -0.4 is 4.74 Å². The normalized spacial score (nSPS) is 14.3. The number of fused-ring (bicyclic) bond motifs is 1. The van der Waals surface area contributed by atoms with E-state index in [0.717, 1.165) is 5.56 Å². The molecule has 0 bridgehead atoms. The van der Waals surface area contributed by atoms with E-state index >= 15 is 0 Å². The van der Waals surface area contributed by atoms with E-state index < -0.39 is 11.4 Å². The van der Waals surface area contributed by atoms with E-state index in [-0.39, 0.29) is 11.8 Å². The van der Waals surface area contributed by atoms with Crippen molar-refractivity contribution in [3.05, 3.63) is 27.5 Å². The number of carbonyl (C=O) groups is 1. The summed E-state index contributed by atoms with van der Waals surface area (Å²) in [6.07, 6.45) is -0.357. The van der Waals surface area contributed by atoms with Gasteiger partial charge in [-0.3, -0.25) is 4.90 Å². The number of nitrogens with zero attached hydrogens (tertiary/aromatic N) is 2. The number of likely N-dealkylation sites (N-methyl/N-ethyl adjacent to an activating group) is 1. The van der Waals surface area contributed by atoms with E-state index in [2.05, 4.69) is 32.7 Å². The van der Waals surface area contributed by atoms with Gasteiger partial charge in [-0.2, -0.15) is 0 Å². The van der Waals surface area contributed by atoms with Crippen LogP contribution in [0.4, 0.5) is 9.18 Å². The van der Waals surface area contributed by atoms with Crippen molar-refractivity contribution in [2.45, 2.75) is 39.8 Å². The highest BCUT2D eigenvalue weighted by molar-refractivity contribution is 9.10. The molecule has 0 aromatic heterocycles. The highest BCUT2D eigenvalue weighted by Gasteiger charge is 2.24. The van der Waals surface area contributed by atoms with Crippen LogP contribution in [0.2, 0.25) is 0 Å². The van der Waals surface area contributed by atoms with E-state index in [0.29, 0.717) is 42.8 Å². The summed E-state index contributed by atoms with van der Waals surface area (Å²) in [5, 5.41) is 0. The average Bonchev–Trinajstić information content (AvgIpc) is 2.78. The van der Waals surface area contributed by atoms with Crippen LogP contribution in [0.25, 0.3) is 0 Å². The van der Waals surface area contributed by atoms with Crippen molar-refractivity contribution in [1.29, 1.82) is 0 Å². The second-order valence-corrected chi connectivity index (χ2v) is 8.23. The Labute approximate surface area is 168 Å². The first-order valence-electron chi connectivity index (χ1n) is 8.85. The lowest BCUT2D eigenvalue weighted by atomic mass is 10.1. The third kappa shape index (κ3) is 5.85. The lowest BCUT2D eigenvalue weighted by Gasteiger charge is -2.27. The molecule has 0 aliphatic carbocycles. The minimum absolute atomic E-state index is 0.270. The standard InChI is InChI=1S/C20H26BrFN2O3/c1-6-7-14-12-15-13-24(10-11-26-18(15)17(22)16(14)21)9-8-23(5)19(25)27-20(2,3)4/h12H,8-11,13H2,1-5H3. The van der Waals surface area contributed by atoms with Crippen molar-refractivity contribution >= 4 is 22.0 Å². The number of hydrogen-bond acceptors (Lipinski definition) is 4. The van der Waals surface area contributed by atoms with E-state index in [1.54, 1.807) is 18.9 Å². The van der Waals surface area contributed by atoms with Crippen molar-refractivity contribution in [2.75, 3.05) is 33.3 Å². The van der Waals surface area contributed by atoms with Gasteiger partial charge < -0.3 is 14.4 Å². The van der Waals surface area contributed by atoms with Crippen molar-refractivity contribution in [3.63, 3.8) is 0 Å². The predicted octanol–water partition coefficient (Wildman–Crippen LogP) is 4.02. The topological polar surface area (TPSA) is 42.0 Å². The van der Waals surface area contributed by atoms with Gasteiger partial charge in [0.2, 0.25) is 0 Å². The molecular weight excluding hydrogens is 415 g/mol. The lowest BCUT2D eigenvalue weighted by Crippen LogP contribution is -2.39. The van der Waals surface area contributed by atoms with Crippen LogP contribution in [0.15, 0.2) is 10.5 Å². The maximum atomic E-state index is 14.6. The first-order chi connectivity index (χ1) is 12.6. The Morgan fingerprint density at radius 2 is 2.19 bits per heavy atom. The van der Waals surface area contributed by atoms with E-state index in [1.165, 1.54) is 0 Å². The van der Waals surface area contributed by atoms with Gasteiger partial charge in [-0.1, -0.05) is 5.92 Å². The van der Waals surface area contributed by atoms with Gasteiger partial charge in [0, 0.05) is 44.4 Å². The molecule has 0 saturated heterocycles. The molecule has 0 spiro atoms. The van der Waals surface area contributed by atoms with Gasteiger partial charge in [-0.15, -0.1) is 5.92 Å². The number of carbonyl (C=O) groups excluding carboxylic acids is 1. The number of ether oxygens (including phenoxy) is 2. The summed E-state index contributed by atoms with van der Waals surface area (Å²) in [6.45, 7) is 9.91. The second kappa shape index (κ2) is 8.94. The Balaban J connectivity index is 2.08. The Hall–Kier alpha value is -1.78. The summed E-state index contributed by atoms with van der Waals surface area (Å²) >= 11 is 3.26. The summed E-state index contributed by atoms with van der Waals surface area (Å²) < 4.78 is 26.0. The highest BCUT2D eigenvalue weighted by Crippen LogP contribution is 2.34. The summed E-state index contributed by atoms with van der Waals surface area (Å²) in [7, 11) is 1.71. The molecule has 7 heteroatoms. The number of benzene rings is 1. The van der Waals surface area contributed by atoms with Crippen molar-refractivity contribution in [2.24, 2.45) is 0 Å². The maximum Gasteiger partial charge on any atom is 0.410 e. The molecular formula is C20H26BrFN2O3. The Morgan fingerprint density at radius 1 is 1.48 bits per heavy atom. The van der Waals surface area contributed by atoms with Gasteiger partial charge in [-0.05, 0) is 49.7 Å². The minimum Gasteiger partial charge on any atom is -0.489 e. The summed E-state index contributed by atoms with van der Waals surface area (Å²) in [4.78, 5) is 15.8. The monoisotopic (exact) mass is 440 g/mol. The van der Waals surface area contributed by atoms with Gasteiger partial charge >= 0.3 is 6.09 Å². The zero-order chi connectivity index (χ0) is 20.2. The third-order valence-electron chi connectivity index (χ3n) is 4.00. The molecule has 0 atom stereocenters. The van der Waals surface area contributed by atoms with Gasteiger partial charge in [0.15, 0.2) is 11.6 Å². The van der Waals surface area contributed by atoms with Crippen LogP contribution in [0.3, 0.4) is 0 Å². The van der Waals surface area contributed by atoms with Crippen LogP contribution in [0.1, 0.15) is 38.8 Å². The van der Waals surface area contributed by atoms with Crippen LogP contribution in [0, 0.1) is 17.7 Å². The van der Waals surface area contributed by atoms with Gasteiger partial charge in [0.1, 0.15) is 12.2 Å². The van der Waals surface area contributed by atoms with Crippen LogP contribution in [-0.4, -0.2) is 54.8 Å². The van der Waals surface area contributed by atoms with Crippen LogP contribution in [-0.2, 0) is 11.3 Å². The molecule has 1 aliphatic rings. The third-order valence-corrected chi connectivity index (χ3v) is 4.78. The molecule has 1 aromatic rings. The summed E-state index contributed by atoms with van der Waals surface area (Å²) in [5.41, 5.74) is 0.832.